The summed E-state index contributed by atoms with van der Waals surface area (Å²) in [5, 5.41) is 3.66. The van der Waals surface area contributed by atoms with Gasteiger partial charge in [0.2, 0.25) is 6.79 Å². The van der Waals surface area contributed by atoms with Gasteiger partial charge in [0.15, 0.2) is 11.5 Å². The quantitative estimate of drug-likeness (QED) is 0.885. The molecule has 2 aromatic rings. The van der Waals surface area contributed by atoms with Crippen LogP contribution < -0.4 is 14.8 Å². The van der Waals surface area contributed by atoms with Crippen molar-refractivity contribution in [1.82, 2.24) is 5.32 Å². The van der Waals surface area contributed by atoms with Gasteiger partial charge in [-0.3, -0.25) is 0 Å². The van der Waals surface area contributed by atoms with E-state index in [1.807, 2.05) is 17.4 Å². The van der Waals surface area contributed by atoms with Crippen LogP contribution in [0.1, 0.15) is 48.2 Å². The average Bonchev–Trinajstić information content (AvgIpc) is 3.15. The van der Waals surface area contributed by atoms with Crippen molar-refractivity contribution in [3.05, 3.63) is 45.6 Å². The van der Waals surface area contributed by atoms with E-state index >= 15 is 0 Å². The first kappa shape index (κ1) is 14.4. The molecule has 112 valence electrons. The lowest BCUT2D eigenvalue weighted by molar-refractivity contribution is 0.174. The molecule has 0 fully saturated rings. The Hall–Kier alpha value is -1.52. The molecule has 2 unspecified atom stereocenters. The smallest absolute Gasteiger partial charge is 0.231 e. The number of fused-ring (bicyclic) bond motifs is 1. The molecule has 0 aliphatic carbocycles. The van der Waals surface area contributed by atoms with Gasteiger partial charge in [-0.25, -0.2) is 0 Å². The zero-order chi connectivity index (χ0) is 14.8. The number of hydrogen-bond donors (Lipinski definition) is 1. The van der Waals surface area contributed by atoms with Crippen molar-refractivity contribution < 1.29 is 9.47 Å². The van der Waals surface area contributed by atoms with Crippen molar-refractivity contribution >= 4 is 11.3 Å². The van der Waals surface area contributed by atoms with Crippen molar-refractivity contribution in [1.29, 1.82) is 0 Å². The number of benzene rings is 1. The highest BCUT2D eigenvalue weighted by atomic mass is 32.1. The van der Waals surface area contributed by atoms with E-state index in [0.717, 1.165) is 17.9 Å². The second-order valence-corrected chi connectivity index (χ2v) is 6.58. The fraction of sp³-hybridized carbons (Fsp3) is 0.412. The molecule has 0 saturated carbocycles. The zero-order valence-electron chi connectivity index (χ0n) is 12.7. The summed E-state index contributed by atoms with van der Waals surface area (Å²) in [7, 11) is 0. The summed E-state index contributed by atoms with van der Waals surface area (Å²) >= 11 is 1.89. The first-order valence-corrected chi connectivity index (χ1v) is 8.23. The van der Waals surface area contributed by atoms with Crippen LogP contribution in [0.2, 0.25) is 0 Å². The summed E-state index contributed by atoms with van der Waals surface area (Å²) in [5.74, 6) is 1.68. The van der Waals surface area contributed by atoms with Crippen LogP contribution in [-0.2, 0) is 6.42 Å². The van der Waals surface area contributed by atoms with Crippen molar-refractivity contribution in [2.45, 2.75) is 39.3 Å². The van der Waals surface area contributed by atoms with E-state index in [-0.39, 0.29) is 6.04 Å². The van der Waals surface area contributed by atoms with Gasteiger partial charge < -0.3 is 14.8 Å². The summed E-state index contributed by atoms with van der Waals surface area (Å²) in [6.45, 7) is 6.92. The molecule has 0 saturated heterocycles. The minimum atomic E-state index is 0.265. The third-order valence-electron chi connectivity index (χ3n) is 3.85. The Morgan fingerprint density at radius 3 is 2.67 bits per heavy atom. The molecule has 0 amide bonds. The minimum absolute atomic E-state index is 0.265. The highest BCUT2D eigenvalue weighted by molar-refractivity contribution is 7.12. The van der Waals surface area contributed by atoms with Gasteiger partial charge in [-0.1, -0.05) is 13.0 Å². The third kappa shape index (κ3) is 3.06. The van der Waals surface area contributed by atoms with Gasteiger partial charge >= 0.3 is 0 Å². The first-order chi connectivity index (χ1) is 10.2. The second-order valence-electron chi connectivity index (χ2n) is 5.38. The number of rotatable bonds is 5. The fourth-order valence-electron chi connectivity index (χ4n) is 2.55. The zero-order valence-corrected chi connectivity index (χ0v) is 13.5. The van der Waals surface area contributed by atoms with Gasteiger partial charge in [0.1, 0.15) is 0 Å². The van der Waals surface area contributed by atoms with Crippen molar-refractivity contribution in [3.63, 3.8) is 0 Å². The largest absolute Gasteiger partial charge is 0.454 e. The molecule has 4 heteroatoms. The molecule has 1 N–H and O–H groups in total. The molecule has 1 aliphatic heterocycles. The van der Waals surface area contributed by atoms with E-state index in [1.54, 1.807) is 0 Å². The maximum Gasteiger partial charge on any atom is 0.231 e. The second kappa shape index (κ2) is 6.08. The van der Waals surface area contributed by atoms with Crippen LogP contribution in [-0.4, -0.2) is 6.79 Å². The van der Waals surface area contributed by atoms with Crippen LogP contribution in [0.5, 0.6) is 11.5 Å². The highest BCUT2D eigenvalue weighted by Crippen LogP contribution is 2.35. The van der Waals surface area contributed by atoms with Crippen LogP contribution in [0.15, 0.2) is 30.3 Å². The van der Waals surface area contributed by atoms with E-state index in [1.165, 1.54) is 15.3 Å². The Bertz CT molecular complexity index is 623. The Kier molecular flexibility index (Phi) is 4.17. The van der Waals surface area contributed by atoms with Gasteiger partial charge in [0.05, 0.1) is 0 Å². The Morgan fingerprint density at radius 2 is 1.90 bits per heavy atom. The lowest BCUT2D eigenvalue weighted by Gasteiger charge is -2.19. The summed E-state index contributed by atoms with van der Waals surface area (Å²) in [6, 6.07) is 11.2. The standard InChI is InChI=1S/C17H21NO2S/c1-4-14-6-8-17(21-14)12(3)18-11(2)13-5-7-15-16(9-13)20-10-19-15/h5-9,11-12,18H,4,10H2,1-3H3. The lowest BCUT2D eigenvalue weighted by atomic mass is 10.1. The van der Waals surface area contributed by atoms with E-state index in [0.29, 0.717) is 12.8 Å². The molecular formula is C17H21NO2S. The molecular weight excluding hydrogens is 282 g/mol. The van der Waals surface area contributed by atoms with Crippen molar-refractivity contribution in [2.24, 2.45) is 0 Å². The highest BCUT2D eigenvalue weighted by Gasteiger charge is 2.17. The van der Waals surface area contributed by atoms with Gasteiger partial charge in [-0.15, -0.1) is 11.3 Å². The van der Waals surface area contributed by atoms with E-state index in [2.05, 4.69) is 50.4 Å². The van der Waals surface area contributed by atoms with Gasteiger partial charge in [-0.2, -0.15) is 0 Å². The lowest BCUT2D eigenvalue weighted by Crippen LogP contribution is -2.21. The van der Waals surface area contributed by atoms with Crippen LogP contribution in [0.4, 0.5) is 0 Å². The maximum atomic E-state index is 5.45. The van der Waals surface area contributed by atoms with Crippen LogP contribution in [0.3, 0.4) is 0 Å². The molecule has 1 aromatic heterocycles. The Morgan fingerprint density at radius 1 is 1.10 bits per heavy atom. The molecule has 0 spiro atoms. The molecule has 2 heterocycles. The summed E-state index contributed by atoms with van der Waals surface area (Å²) in [5.41, 5.74) is 1.22. The van der Waals surface area contributed by atoms with Gasteiger partial charge in [0, 0.05) is 21.8 Å². The van der Waals surface area contributed by atoms with E-state index in [4.69, 9.17) is 9.47 Å². The van der Waals surface area contributed by atoms with Crippen LogP contribution >= 0.6 is 11.3 Å². The van der Waals surface area contributed by atoms with Crippen molar-refractivity contribution in [3.8, 4) is 11.5 Å². The predicted molar refractivity (Wildman–Crippen MR) is 86.2 cm³/mol. The van der Waals surface area contributed by atoms with Crippen molar-refractivity contribution in [2.75, 3.05) is 6.79 Å². The van der Waals surface area contributed by atoms with Crippen LogP contribution in [0.25, 0.3) is 0 Å². The van der Waals surface area contributed by atoms with Gasteiger partial charge in [-0.05, 0) is 50.1 Å². The normalized spacial score (nSPS) is 16.0. The molecule has 0 bridgehead atoms. The Labute approximate surface area is 129 Å². The predicted octanol–water partition coefficient (Wildman–Crippen LogP) is 4.45. The van der Waals surface area contributed by atoms with E-state index < -0.39 is 0 Å². The third-order valence-corrected chi connectivity index (χ3v) is 5.27. The molecule has 21 heavy (non-hydrogen) atoms. The minimum Gasteiger partial charge on any atom is -0.454 e. The molecule has 3 nitrogen and oxygen atoms in total. The average molecular weight is 303 g/mol. The number of ether oxygens (including phenoxy) is 2. The number of hydrogen-bond acceptors (Lipinski definition) is 4. The molecule has 1 aromatic carbocycles. The molecule has 1 aliphatic rings. The summed E-state index contributed by atoms with van der Waals surface area (Å²) < 4.78 is 10.8. The monoisotopic (exact) mass is 303 g/mol. The number of nitrogens with one attached hydrogen (secondary N) is 1. The topological polar surface area (TPSA) is 30.5 Å². The Balaban J connectivity index is 1.69. The van der Waals surface area contributed by atoms with E-state index in [9.17, 15) is 0 Å². The van der Waals surface area contributed by atoms with Gasteiger partial charge in [0.25, 0.3) is 0 Å². The number of thiophene rings is 1. The summed E-state index contributed by atoms with van der Waals surface area (Å²) in [4.78, 5) is 2.83. The summed E-state index contributed by atoms with van der Waals surface area (Å²) in [6.07, 6.45) is 1.11. The molecule has 2 atom stereocenters. The molecule has 3 rings (SSSR count). The number of aryl methyl sites for hydroxylation is 1. The molecule has 0 radical (unpaired) electrons. The first-order valence-electron chi connectivity index (χ1n) is 7.41. The SMILES string of the molecule is CCc1ccc(C(C)NC(C)c2ccc3c(c2)OCO3)s1. The fourth-order valence-corrected chi connectivity index (χ4v) is 3.52. The van der Waals surface area contributed by atoms with Crippen LogP contribution in [0, 0.1) is 0 Å². The maximum absolute atomic E-state index is 5.45.